The Balaban J connectivity index is 1.80. The number of aromatic nitrogens is 2. The Labute approximate surface area is 166 Å². The van der Waals surface area contributed by atoms with Crippen LogP contribution in [0.2, 0.25) is 0 Å². The first-order chi connectivity index (χ1) is 13.5. The Morgan fingerprint density at radius 2 is 2.11 bits per heavy atom. The number of aliphatic hydroxyl groups excluding tert-OH is 1. The molecule has 1 aromatic heterocycles. The molecule has 8 nitrogen and oxygen atoms in total. The minimum Gasteiger partial charge on any atom is -0.396 e. The van der Waals surface area contributed by atoms with Crippen molar-refractivity contribution in [3.8, 4) is 0 Å². The third kappa shape index (κ3) is 3.80. The molecule has 8 heteroatoms. The number of aryl methyl sites for hydroxylation is 1. The van der Waals surface area contributed by atoms with Crippen molar-refractivity contribution in [1.29, 1.82) is 0 Å². The van der Waals surface area contributed by atoms with Crippen molar-refractivity contribution >= 4 is 11.8 Å². The lowest BCUT2D eigenvalue weighted by molar-refractivity contribution is -0.139. The summed E-state index contributed by atoms with van der Waals surface area (Å²) in [6, 6.07) is -0.370. The Morgan fingerprint density at radius 3 is 2.64 bits per heavy atom. The fourth-order valence-corrected chi connectivity index (χ4v) is 4.51. The summed E-state index contributed by atoms with van der Waals surface area (Å²) in [4.78, 5) is 34.2. The molecule has 0 bridgehead atoms. The Kier molecular flexibility index (Phi) is 6.40. The van der Waals surface area contributed by atoms with Gasteiger partial charge in [0.25, 0.3) is 0 Å². The molecule has 2 fully saturated rings. The van der Waals surface area contributed by atoms with Gasteiger partial charge in [0.05, 0.1) is 12.5 Å². The van der Waals surface area contributed by atoms with Crippen molar-refractivity contribution in [2.24, 2.45) is 18.4 Å². The van der Waals surface area contributed by atoms with Crippen molar-refractivity contribution in [2.75, 3.05) is 40.0 Å². The van der Waals surface area contributed by atoms with Gasteiger partial charge in [-0.1, -0.05) is 6.92 Å². The lowest BCUT2D eigenvalue weighted by Gasteiger charge is -2.41. The van der Waals surface area contributed by atoms with Crippen LogP contribution in [0.15, 0.2) is 12.4 Å². The van der Waals surface area contributed by atoms with E-state index in [1.807, 2.05) is 22.7 Å². The van der Waals surface area contributed by atoms with E-state index in [4.69, 9.17) is 4.74 Å². The second-order valence-electron chi connectivity index (χ2n) is 8.07. The van der Waals surface area contributed by atoms with Gasteiger partial charge in [-0.05, 0) is 24.7 Å². The van der Waals surface area contributed by atoms with Gasteiger partial charge in [-0.25, -0.2) is 4.98 Å². The molecule has 2 atom stereocenters. The summed E-state index contributed by atoms with van der Waals surface area (Å²) in [5.74, 6) is 0.284. The molecule has 0 aliphatic carbocycles. The highest BCUT2D eigenvalue weighted by molar-refractivity contribution is 5.90. The number of imidazole rings is 1. The van der Waals surface area contributed by atoms with Gasteiger partial charge in [-0.3, -0.25) is 9.59 Å². The van der Waals surface area contributed by atoms with Crippen LogP contribution in [0.25, 0.3) is 0 Å². The van der Waals surface area contributed by atoms with Gasteiger partial charge in [-0.2, -0.15) is 0 Å². The second-order valence-corrected chi connectivity index (χ2v) is 8.07. The Hall–Kier alpha value is -1.93. The van der Waals surface area contributed by atoms with Gasteiger partial charge in [0.1, 0.15) is 11.9 Å². The number of carbonyl (C=O) groups excluding carboxylic acids is 2. The molecule has 0 radical (unpaired) electrons. The van der Waals surface area contributed by atoms with Gasteiger partial charge < -0.3 is 24.2 Å². The van der Waals surface area contributed by atoms with E-state index < -0.39 is 5.92 Å². The predicted octanol–water partition coefficient (Wildman–Crippen LogP) is 0.967. The molecule has 1 N–H and O–H groups in total. The molecular formula is C20H32N4O4. The summed E-state index contributed by atoms with van der Waals surface area (Å²) in [7, 11) is 3.49. The third-order valence-electron chi connectivity index (χ3n) is 6.63. The summed E-state index contributed by atoms with van der Waals surface area (Å²) >= 11 is 0. The molecule has 28 heavy (non-hydrogen) atoms. The van der Waals surface area contributed by atoms with Gasteiger partial charge in [0.2, 0.25) is 11.8 Å². The fourth-order valence-electron chi connectivity index (χ4n) is 4.51. The quantitative estimate of drug-likeness (QED) is 0.747. The van der Waals surface area contributed by atoms with E-state index in [0.29, 0.717) is 26.2 Å². The number of nitrogens with zero attached hydrogens (tertiary/aromatic N) is 4. The normalized spacial score (nSPS) is 24.8. The lowest BCUT2D eigenvalue weighted by atomic mass is 9.76. The van der Waals surface area contributed by atoms with Gasteiger partial charge >= 0.3 is 0 Å². The maximum Gasteiger partial charge on any atom is 0.228 e. The van der Waals surface area contributed by atoms with E-state index in [1.54, 1.807) is 18.2 Å². The van der Waals surface area contributed by atoms with Crippen LogP contribution in [-0.2, 0) is 21.4 Å². The maximum absolute atomic E-state index is 13.4. The highest BCUT2D eigenvalue weighted by Crippen LogP contribution is 2.40. The molecule has 3 heterocycles. The van der Waals surface area contributed by atoms with E-state index in [2.05, 4.69) is 11.9 Å². The van der Waals surface area contributed by atoms with Gasteiger partial charge in [0, 0.05) is 59.2 Å². The molecule has 0 unspecified atom stereocenters. The average molecular weight is 393 g/mol. The van der Waals surface area contributed by atoms with E-state index in [9.17, 15) is 14.7 Å². The van der Waals surface area contributed by atoms with E-state index in [0.717, 1.165) is 25.1 Å². The zero-order chi connectivity index (χ0) is 20.3. The molecule has 0 saturated carbocycles. The first kappa shape index (κ1) is 20.8. The highest BCUT2D eigenvalue weighted by Gasteiger charge is 2.48. The number of methoxy groups -OCH3 is 1. The maximum atomic E-state index is 13.4. The zero-order valence-electron chi connectivity index (χ0n) is 17.1. The fraction of sp³-hybridized carbons (Fsp3) is 0.750. The summed E-state index contributed by atoms with van der Waals surface area (Å²) in [5.41, 5.74) is -0.0775. The van der Waals surface area contributed by atoms with Crippen LogP contribution in [0, 0.1) is 11.3 Å². The molecule has 2 amide bonds. The van der Waals surface area contributed by atoms with Crippen molar-refractivity contribution in [1.82, 2.24) is 19.4 Å². The van der Waals surface area contributed by atoms with Crippen LogP contribution in [0.1, 0.15) is 44.5 Å². The molecular weight excluding hydrogens is 360 g/mol. The molecule has 2 aliphatic rings. The molecule has 1 aromatic rings. The number of amides is 2. The summed E-state index contributed by atoms with van der Waals surface area (Å²) in [5, 5.41) is 9.75. The number of carbonyl (C=O) groups is 2. The van der Waals surface area contributed by atoms with Gasteiger partial charge in [-0.15, -0.1) is 0 Å². The minimum absolute atomic E-state index is 0.0175. The molecule has 2 saturated heterocycles. The number of hydrogen-bond acceptors (Lipinski definition) is 5. The van der Waals surface area contributed by atoms with E-state index >= 15 is 0 Å². The minimum atomic E-state index is -0.436. The van der Waals surface area contributed by atoms with Crippen LogP contribution >= 0.6 is 0 Å². The van der Waals surface area contributed by atoms with E-state index in [1.165, 1.54) is 0 Å². The summed E-state index contributed by atoms with van der Waals surface area (Å²) in [6.07, 6.45) is 6.25. The van der Waals surface area contributed by atoms with Crippen molar-refractivity contribution in [3.05, 3.63) is 18.2 Å². The number of rotatable bonds is 7. The number of likely N-dealkylation sites (tertiary alicyclic amines) is 2. The number of piperidine rings is 1. The van der Waals surface area contributed by atoms with Crippen molar-refractivity contribution < 1.29 is 19.4 Å². The Bertz CT molecular complexity index is 690. The first-order valence-electron chi connectivity index (χ1n) is 10.1. The molecule has 2 aliphatic heterocycles. The van der Waals surface area contributed by atoms with Crippen LogP contribution < -0.4 is 0 Å². The molecule has 0 aromatic carbocycles. The topological polar surface area (TPSA) is 87.9 Å². The molecule has 156 valence electrons. The number of aliphatic hydroxyl groups is 1. The van der Waals surface area contributed by atoms with Crippen molar-refractivity contribution in [2.45, 2.75) is 38.6 Å². The number of ether oxygens (including phenoxy) is 1. The number of hydrogen-bond donors (Lipinski definition) is 1. The Morgan fingerprint density at radius 1 is 1.39 bits per heavy atom. The second kappa shape index (κ2) is 8.61. The van der Waals surface area contributed by atoms with Crippen LogP contribution in [-0.4, -0.2) is 76.2 Å². The van der Waals surface area contributed by atoms with Gasteiger partial charge in [0.15, 0.2) is 0 Å². The largest absolute Gasteiger partial charge is 0.396 e. The SMILES string of the molecule is CCC1(CO)CCN(C(=O)[C@H]2CC(=O)N(CCOC)[C@@H]2c2nccn2C)CC1. The monoisotopic (exact) mass is 392 g/mol. The third-order valence-corrected chi connectivity index (χ3v) is 6.63. The summed E-state index contributed by atoms with van der Waals surface area (Å²) < 4.78 is 7.05. The van der Waals surface area contributed by atoms with Crippen molar-refractivity contribution in [3.63, 3.8) is 0 Å². The van der Waals surface area contributed by atoms with Crippen LogP contribution in [0.4, 0.5) is 0 Å². The average Bonchev–Trinajstić information content (AvgIpc) is 3.28. The van der Waals surface area contributed by atoms with E-state index in [-0.39, 0.29) is 36.3 Å². The summed E-state index contributed by atoms with van der Waals surface area (Å²) in [6.45, 7) is 4.38. The smallest absolute Gasteiger partial charge is 0.228 e. The lowest BCUT2D eigenvalue weighted by Crippen LogP contribution is -2.47. The molecule has 0 spiro atoms. The molecule has 3 rings (SSSR count). The highest BCUT2D eigenvalue weighted by atomic mass is 16.5. The standard InChI is InChI=1S/C20H32N4O4/c1-4-20(14-25)5-8-23(9-6-20)19(27)15-13-16(26)24(11-12-28-3)17(15)18-21-7-10-22(18)2/h7,10,15,17,25H,4-6,8-9,11-14H2,1-3H3/t15-,17-/m0/s1. The predicted molar refractivity (Wildman–Crippen MR) is 103 cm³/mol. The van der Waals surface area contributed by atoms with Crippen LogP contribution in [0.5, 0.6) is 0 Å². The zero-order valence-corrected chi connectivity index (χ0v) is 17.1. The van der Waals surface area contributed by atoms with Crippen LogP contribution in [0.3, 0.4) is 0 Å². The first-order valence-corrected chi connectivity index (χ1v) is 10.1.